The molecule has 1 amide bonds. The van der Waals surface area contributed by atoms with Gasteiger partial charge in [0.05, 0.1) is 5.41 Å². The SMILES string of the molecule is CCC(CSC)N(C)C(=O)C1(C)CCNC1. The van der Waals surface area contributed by atoms with Crippen molar-refractivity contribution in [3.05, 3.63) is 0 Å². The van der Waals surface area contributed by atoms with Crippen LogP contribution < -0.4 is 5.32 Å². The Hall–Kier alpha value is -0.220. The Labute approximate surface area is 103 Å². The van der Waals surface area contributed by atoms with Gasteiger partial charge in [0.25, 0.3) is 0 Å². The molecule has 3 nitrogen and oxygen atoms in total. The van der Waals surface area contributed by atoms with Crippen molar-refractivity contribution in [3.8, 4) is 0 Å². The molecule has 2 unspecified atom stereocenters. The van der Waals surface area contributed by atoms with Crippen LogP contribution in [0.15, 0.2) is 0 Å². The lowest BCUT2D eigenvalue weighted by Gasteiger charge is -2.33. The molecule has 0 aromatic carbocycles. The number of nitrogens with one attached hydrogen (secondary N) is 1. The first-order chi connectivity index (χ1) is 7.55. The van der Waals surface area contributed by atoms with Gasteiger partial charge in [0.2, 0.25) is 5.91 Å². The average molecular weight is 244 g/mol. The highest BCUT2D eigenvalue weighted by atomic mass is 32.2. The maximum Gasteiger partial charge on any atom is 0.229 e. The van der Waals surface area contributed by atoms with E-state index in [1.165, 1.54) is 0 Å². The van der Waals surface area contributed by atoms with E-state index in [0.717, 1.165) is 31.7 Å². The fourth-order valence-electron chi connectivity index (χ4n) is 2.29. The van der Waals surface area contributed by atoms with Crippen LogP contribution in [-0.4, -0.2) is 49.0 Å². The third-order valence-corrected chi connectivity index (χ3v) is 4.30. The molecule has 4 heteroatoms. The molecule has 0 aromatic rings. The van der Waals surface area contributed by atoms with Crippen molar-refractivity contribution in [2.24, 2.45) is 5.41 Å². The molecular formula is C12H24N2OS. The van der Waals surface area contributed by atoms with Gasteiger partial charge >= 0.3 is 0 Å². The third-order valence-electron chi connectivity index (χ3n) is 3.58. The smallest absolute Gasteiger partial charge is 0.229 e. The van der Waals surface area contributed by atoms with Crippen LogP contribution in [0.3, 0.4) is 0 Å². The first-order valence-electron chi connectivity index (χ1n) is 6.02. The normalized spacial score (nSPS) is 26.8. The largest absolute Gasteiger partial charge is 0.341 e. The topological polar surface area (TPSA) is 32.3 Å². The average Bonchev–Trinajstić information content (AvgIpc) is 2.72. The molecule has 0 radical (unpaired) electrons. The Balaban J connectivity index is 2.64. The summed E-state index contributed by atoms with van der Waals surface area (Å²) in [7, 11) is 1.95. The van der Waals surface area contributed by atoms with Crippen molar-refractivity contribution in [1.29, 1.82) is 0 Å². The number of carbonyl (C=O) groups is 1. The molecule has 1 fully saturated rings. The molecule has 2 atom stereocenters. The number of amides is 1. The van der Waals surface area contributed by atoms with Crippen molar-refractivity contribution in [3.63, 3.8) is 0 Å². The van der Waals surface area contributed by atoms with E-state index >= 15 is 0 Å². The Morgan fingerprint density at radius 2 is 2.31 bits per heavy atom. The Morgan fingerprint density at radius 1 is 1.62 bits per heavy atom. The van der Waals surface area contributed by atoms with Gasteiger partial charge in [-0.1, -0.05) is 6.92 Å². The molecule has 0 aliphatic carbocycles. The Bertz CT molecular complexity index is 239. The third kappa shape index (κ3) is 2.92. The number of thioether (sulfide) groups is 1. The summed E-state index contributed by atoms with van der Waals surface area (Å²) in [4.78, 5) is 14.4. The zero-order valence-corrected chi connectivity index (χ0v) is 11.7. The summed E-state index contributed by atoms with van der Waals surface area (Å²) < 4.78 is 0. The van der Waals surface area contributed by atoms with Crippen LogP contribution in [0, 0.1) is 5.41 Å². The lowest BCUT2D eigenvalue weighted by atomic mass is 9.87. The fourth-order valence-corrected chi connectivity index (χ4v) is 3.13. The van der Waals surface area contributed by atoms with Gasteiger partial charge in [-0.2, -0.15) is 11.8 Å². The second-order valence-corrected chi connectivity index (χ2v) is 5.83. The second-order valence-electron chi connectivity index (χ2n) is 4.92. The Kier molecular flexibility index (Phi) is 5.12. The highest BCUT2D eigenvalue weighted by Crippen LogP contribution is 2.28. The monoisotopic (exact) mass is 244 g/mol. The van der Waals surface area contributed by atoms with E-state index in [1.807, 2.05) is 23.7 Å². The van der Waals surface area contributed by atoms with Gasteiger partial charge in [0.1, 0.15) is 0 Å². The van der Waals surface area contributed by atoms with E-state index in [-0.39, 0.29) is 5.41 Å². The Morgan fingerprint density at radius 3 is 2.75 bits per heavy atom. The van der Waals surface area contributed by atoms with Crippen molar-refractivity contribution in [2.75, 3.05) is 32.1 Å². The predicted molar refractivity (Wildman–Crippen MR) is 70.8 cm³/mol. The summed E-state index contributed by atoms with van der Waals surface area (Å²) in [6.07, 6.45) is 4.10. The van der Waals surface area contributed by atoms with Crippen LogP contribution in [0.25, 0.3) is 0 Å². The summed E-state index contributed by atoms with van der Waals surface area (Å²) in [5, 5.41) is 3.28. The molecule has 0 aromatic heterocycles. The van der Waals surface area contributed by atoms with Gasteiger partial charge in [-0.15, -0.1) is 0 Å². The lowest BCUT2D eigenvalue weighted by Crippen LogP contribution is -2.47. The zero-order chi connectivity index (χ0) is 12.2. The summed E-state index contributed by atoms with van der Waals surface area (Å²) in [6.45, 7) is 6.03. The maximum atomic E-state index is 12.4. The minimum atomic E-state index is -0.180. The van der Waals surface area contributed by atoms with Crippen LogP contribution >= 0.6 is 11.8 Å². The highest BCUT2D eigenvalue weighted by molar-refractivity contribution is 7.98. The van der Waals surface area contributed by atoms with Crippen LogP contribution in [0.1, 0.15) is 26.7 Å². The van der Waals surface area contributed by atoms with Gasteiger partial charge < -0.3 is 10.2 Å². The van der Waals surface area contributed by atoms with Gasteiger partial charge in [-0.3, -0.25) is 4.79 Å². The van der Waals surface area contributed by atoms with Crippen molar-refractivity contribution in [2.45, 2.75) is 32.7 Å². The zero-order valence-electron chi connectivity index (χ0n) is 10.9. The summed E-state index contributed by atoms with van der Waals surface area (Å²) in [6, 6.07) is 0.375. The summed E-state index contributed by atoms with van der Waals surface area (Å²) in [5.74, 6) is 1.33. The van der Waals surface area contributed by atoms with E-state index < -0.39 is 0 Å². The van der Waals surface area contributed by atoms with E-state index in [4.69, 9.17) is 0 Å². The van der Waals surface area contributed by atoms with Gasteiger partial charge in [-0.05, 0) is 32.6 Å². The molecular weight excluding hydrogens is 220 g/mol. The standard InChI is InChI=1S/C12H24N2OS/c1-5-10(8-16-4)14(3)11(15)12(2)6-7-13-9-12/h10,13H,5-9H2,1-4H3. The predicted octanol–water partition coefficient (Wildman–Crippen LogP) is 1.59. The lowest BCUT2D eigenvalue weighted by molar-refractivity contribution is -0.140. The molecule has 1 heterocycles. The number of hydrogen-bond donors (Lipinski definition) is 1. The molecule has 1 rings (SSSR count). The molecule has 1 aliphatic rings. The second kappa shape index (κ2) is 5.92. The minimum Gasteiger partial charge on any atom is -0.341 e. The minimum absolute atomic E-state index is 0.180. The first-order valence-corrected chi connectivity index (χ1v) is 7.41. The summed E-state index contributed by atoms with van der Waals surface area (Å²) >= 11 is 1.81. The summed E-state index contributed by atoms with van der Waals surface area (Å²) in [5.41, 5.74) is -0.180. The molecule has 16 heavy (non-hydrogen) atoms. The quantitative estimate of drug-likeness (QED) is 0.797. The molecule has 0 saturated carbocycles. The van der Waals surface area contributed by atoms with Crippen LogP contribution in [0.4, 0.5) is 0 Å². The van der Waals surface area contributed by atoms with E-state index in [9.17, 15) is 4.79 Å². The maximum absolute atomic E-state index is 12.4. The van der Waals surface area contributed by atoms with Crippen molar-refractivity contribution < 1.29 is 4.79 Å². The van der Waals surface area contributed by atoms with Crippen molar-refractivity contribution in [1.82, 2.24) is 10.2 Å². The van der Waals surface area contributed by atoms with E-state index in [2.05, 4.69) is 25.4 Å². The van der Waals surface area contributed by atoms with Gasteiger partial charge in [-0.25, -0.2) is 0 Å². The van der Waals surface area contributed by atoms with Crippen LogP contribution in [0.2, 0.25) is 0 Å². The number of hydrogen-bond acceptors (Lipinski definition) is 3. The first kappa shape index (κ1) is 13.8. The molecule has 1 N–H and O–H groups in total. The van der Waals surface area contributed by atoms with E-state index in [1.54, 1.807) is 0 Å². The van der Waals surface area contributed by atoms with E-state index in [0.29, 0.717) is 11.9 Å². The van der Waals surface area contributed by atoms with Crippen molar-refractivity contribution >= 4 is 17.7 Å². The fraction of sp³-hybridized carbons (Fsp3) is 0.917. The molecule has 1 saturated heterocycles. The number of nitrogens with zero attached hydrogens (tertiary/aromatic N) is 1. The molecule has 0 spiro atoms. The highest BCUT2D eigenvalue weighted by Gasteiger charge is 2.39. The molecule has 0 bridgehead atoms. The van der Waals surface area contributed by atoms with Crippen LogP contribution in [0.5, 0.6) is 0 Å². The number of rotatable bonds is 5. The molecule has 94 valence electrons. The van der Waals surface area contributed by atoms with Gasteiger partial charge in [0.15, 0.2) is 0 Å². The van der Waals surface area contributed by atoms with Crippen LogP contribution in [-0.2, 0) is 4.79 Å². The van der Waals surface area contributed by atoms with Gasteiger partial charge in [0, 0.05) is 25.4 Å². The number of carbonyl (C=O) groups excluding carboxylic acids is 1. The molecule has 1 aliphatic heterocycles.